The van der Waals surface area contributed by atoms with Crippen molar-refractivity contribution in [1.82, 2.24) is 10.4 Å². The highest BCUT2D eigenvalue weighted by atomic mass is 16.5. The van der Waals surface area contributed by atoms with Crippen LogP contribution >= 0.6 is 0 Å². The minimum absolute atomic E-state index is 0.0716. The highest BCUT2D eigenvalue weighted by Crippen LogP contribution is 2.32. The average molecular weight is 440 g/mol. The lowest BCUT2D eigenvalue weighted by Crippen LogP contribution is -2.28. The first kappa shape index (κ1) is 25.1. The first-order valence-electron chi connectivity index (χ1n) is 10.9. The lowest BCUT2D eigenvalue weighted by molar-refractivity contribution is -0.129. The van der Waals surface area contributed by atoms with Crippen molar-refractivity contribution in [3.63, 3.8) is 0 Å². The first-order valence-corrected chi connectivity index (χ1v) is 10.9. The second-order valence-corrected chi connectivity index (χ2v) is 8.07. The molecule has 172 valence electrons. The lowest BCUT2D eigenvalue weighted by Gasteiger charge is -2.25. The second kappa shape index (κ2) is 12.0. The molecule has 2 rings (SSSR count). The molecule has 7 heteroatoms. The molecule has 3 amide bonds. The van der Waals surface area contributed by atoms with Crippen molar-refractivity contribution in [2.75, 3.05) is 18.5 Å². The molecule has 2 aromatic rings. The number of hydrogen-bond acceptors (Lipinski definition) is 4. The van der Waals surface area contributed by atoms with Gasteiger partial charge in [0.2, 0.25) is 11.8 Å². The molecular weight excluding hydrogens is 406 g/mol. The zero-order valence-corrected chi connectivity index (χ0v) is 19.4. The summed E-state index contributed by atoms with van der Waals surface area (Å²) in [6.45, 7) is 6.11. The van der Waals surface area contributed by atoms with E-state index in [0.29, 0.717) is 24.9 Å². The molecule has 7 nitrogen and oxygen atoms in total. The Balaban J connectivity index is 1.99. The Morgan fingerprint density at radius 2 is 1.50 bits per heavy atom. The van der Waals surface area contributed by atoms with Crippen molar-refractivity contribution in [2.24, 2.45) is 0 Å². The van der Waals surface area contributed by atoms with Gasteiger partial charge in [-0.05, 0) is 62.1 Å². The summed E-state index contributed by atoms with van der Waals surface area (Å²) in [5, 5.41) is 8.47. The van der Waals surface area contributed by atoms with Gasteiger partial charge in [0.05, 0.1) is 5.69 Å². The van der Waals surface area contributed by atoms with Gasteiger partial charge < -0.3 is 4.90 Å². The van der Waals surface area contributed by atoms with E-state index in [1.807, 2.05) is 32.0 Å². The number of aryl methyl sites for hydroxylation is 2. The standard InChI is InChI=1S/C25H33N3O4/c1-18-10-9-11-19(2)24(18)28(20(3)29)22-15-13-21(14-16-22)25(31)27(4)17-8-6-5-7-12-23(30)26-32/h9-11,13-16,32H,5-8,12,17H2,1-4H3,(H,26,30). The monoisotopic (exact) mass is 439 g/mol. The lowest BCUT2D eigenvalue weighted by atomic mass is 10.1. The third kappa shape index (κ3) is 6.65. The number of hydrogen-bond donors (Lipinski definition) is 2. The molecule has 0 aliphatic heterocycles. The van der Waals surface area contributed by atoms with Gasteiger partial charge >= 0.3 is 0 Å². The van der Waals surface area contributed by atoms with Gasteiger partial charge in [-0.25, -0.2) is 5.48 Å². The third-order valence-corrected chi connectivity index (χ3v) is 5.47. The maximum Gasteiger partial charge on any atom is 0.253 e. The number of hydroxylamine groups is 1. The summed E-state index contributed by atoms with van der Waals surface area (Å²) in [6.07, 6.45) is 3.61. The molecule has 0 spiro atoms. The fourth-order valence-electron chi connectivity index (χ4n) is 3.75. The Morgan fingerprint density at radius 3 is 2.06 bits per heavy atom. The zero-order chi connectivity index (χ0) is 23.7. The Hall–Kier alpha value is -3.19. The van der Waals surface area contributed by atoms with E-state index in [4.69, 9.17) is 5.21 Å². The number of nitrogens with one attached hydrogen (secondary N) is 1. The molecule has 0 bridgehead atoms. The first-order chi connectivity index (χ1) is 15.3. The van der Waals surface area contributed by atoms with E-state index < -0.39 is 0 Å². The van der Waals surface area contributed by atoms with Crippen LogP contribution in [-0.4, -0.2) is 41.4 Å². The summed E-state index contributed by atoms with van der Waals surface area (Å²) in [5.41, 5.74) is 5.81. The molecule has 2 aromatic carbocycles. The van der Waals surface area contributed by atoms with E-state index >= 15 is 0 Å². The zero-order valence-electron chi connectivity index (χ0n) is 19.4. The molecule has 0 saturated carbocycles. The van der Waals surface area contributed by atoms with Crippen LogP contribution in [0.15, 0.2) is 42.5 Å². The van der Waals surface area contributed by atoms with Crippen LogP contribution in [0.2, 0.25) is 0 Å². The van der Waals surface area contributed by atoms with Crippen molar-refractivity contribution < 1.29 is 19.6 Å². The number of para-hydroxylation sites is 1. The highest BCUT2D eigenvalue weighted by Gasteiger charge is 2.19. The number of carbonyl (C=O) groups is 3. The van der Waals surface area contributed by atoms with E-state index in [2.05, 4.69) is 0 Å². The summed E-state index contributed by atoms with van der Waals surface area (Å²) >= 11 is 0. The van der Waals surface area contributed by atoms with Gasteiger partial charge in [0.15, 0.2) is 0 Å². The SMILES string of the molecule is CC(=O)N(c1ccc(C(=O)N(C)CCCCCCC(=O)NO)cc1)c1c(C)cccc1C. The Labute approximate surface area is 190 Å². The predicted octanol–water partition coefficient (Wildman–Crippen LogP) is 4.52. The van der Waals surface area contributed by atoms with Gasteiger partial charge in [0.25, 0.3) is 5.91 Å². The van der Waals surface area contributed by atoms with Crippen LogP contribution < -0.4 is 10.4 Å². The van der Waals surface area contributed by atoms with Gasteiger partial charge in [-0.1, -0.05) is 31.0 Å². The summed E-state index contributed by atoms with van der Waals surface area (Å²) in [7, 11) is 1.77. The Bertz CT molecular complexity index is 920. The average Bonchev–Trinajstić information content (AvgIpc) is 2.77. The molecule has 0 aliphatic rings. The number of unbranched alkanes of at least 4 members (excludes halogenated alkanes) is 3. The van der Waals surface area contributed by atoms with Crippen LogP contribution in [0.5, 0.6) is 0 Å². The van der Waals surface area contributed by atoms with Crippen LogP contribution in [0.25, 0.3) is 0 Å². The van der Waals surface area contributed by atoms with Gasteiger partial charge in [-0.15, -0.1) is 0 Å². The Kier molecular flexibility index (Phi) is 9.40. The van der Waals surface area contributed by atoms with Crippen molar-refractivity contribution in [3.05, 3.63) is 59.2 Å². The molecule has 0 aromatic heterocycles. The van der Waals surface area contributed by atoms with Gasteiger partial charge in [0, 0.05) is 38.2 Å². The number of carbonyl (C=O) groups excluding carboxylic acids is 3. The number of nitrogens with zero attached hydrogens (tertiary/aromatic N) is 2. The van der Waals surface area contributed by atoms with E-state index in [1.165, 1.54) is 6.92 Å². The molecule has 0 atom stereocenters. The fraction of sp³-hybridized carbons (Fsp3) is 0.400. The van der Waals surface area contributed by atoms with E-state index in [1.54, 1.807) is 46.6 Å². The predicted molar refractivity (Wildman–Crippen MR) is 125 cm³/mol. The quantitative estimate of drug-likeness (QED) is 0.324. The van der Waals surface area contributed by atoms with Crippen LogP contribution in [0.3, 0.4) is 0 Å². The van der Waals surface area contributed by atoms with Gasteiger partial charge in [0.1, 0.15) is 0 Å². The molecule has 0 fully saturated rings. The van der Waals surface area contributed by atoms with Crippen LogP contribution in [0.4, 0.5) is 11.4 Å². The molecule has 0 unspecified atom stereocenters. The topological polar surface area (TPSA) is 90.0 Å². The van der Waals surface area contributed by atoms with Crippen molar-refractivity contribution in [3.8, 4) is 0 Å². The van der Waals surface area contributed by atoms with Crippen LogP contribution in [0.1, 0.15) is 60.5 Å². The summed E-state index contributed by atoms with van der Waals surface area (Å²) < 4.78 is 0. The number of anilines is 2. The smallest absolute Gasteiger partial charge is 0.253 e. The minimum Gasteiger partial charge on any atom is -0.342 e. The fourth-order valence-corrected chi connectivity index (χ4v) is 3.75. The maximum absolute atomic E-state index is 12.8. The number of benzene rings is 2. The van der Waals surface area contributed by atoms with Crippen LogP contribution in [-0.2, 0) is 9.59 Å². The summed E-state index contributed by atoms with van der Waals surface area (Å²) in [6, 6.07) is 13.0. The maximum atomic E-state index is 12.8. The molecule has 0 saturated heterocycles. The number of amides is 3. The number of rotatable bonds is 10. The molecular formula is C25H33N3O4. The highest BCUT2D eigenvalue weighted by molar-refractivity contribution is 6.01. The minimum atomic E-state index is -0.373. The van der Waals surface area contributed by atoms with E-state index in [9.17, 15) is 14.4 Å². The van der Waals surface area contributed by atoms with Gasteiger partial charge in [-0.3, -0.25) is 24.5 Å². The molecule has 0 heterocycles. The summed E-state index contributed by atoms with van der Waals surface area (Å²) in [5.74, 6) is -0.533. The molecule has 0 aliphatic carbocycles. The van der Waals surface area contributed by atoms with E-state index in [0.717, 1.165) is 41.8 Å². The third-order valence-electron chi connectivity index (χ3n) is 5.47. The van der Waals surface area contributed by atoms with E-state index in [-0.39, 0.29) is 17.7 Å². The van der Waals surface area contributed by atoms with Crippen molar-refractivity contribution in [2.45, 2.75) is 52.9 Å². The molecule has 2 N–H and O–H groups in total. The normalized spacial score (nSPS) is 10.5. The van der Waals surface area contributed by atoms with Crippen molar-refractivity contribution >= 4 is 29.1 Å². The van der Waals surface area contributed by atoms with Gasteiger partial charge in [-0.2, -0.15) is 0 Å². The largest absolute Gasteiger partial charge is 0.342 e. The summed E-state index contributed by atoms with van der Waals surface area (Å²) in [4.78, 5) is 39.5. The van der Waals surface area contributed by atoms with Crippen molar-refractivity contribution in [1.29, 1.82) is 0 Å². The second-order valence-electron chi connectivity index (χ2n) is 8.07. The Morgan fingerprint density at radius 1 is 0.906 bits per heavy atom. The molecule has 0 radical (unpaired) electrons. The molecule has 32 heavy (non-hydrogen) atoms. The van der Waals surface area contributed by atoms with Crippen LogP contribution in [0, 0.1) is 13.8 Å².